The summed E-state index contributed by atoms with van der Waals surface area (Å²) in [6.07, 6.45) is 3.01. The summed E-state index contributed by atoms with van der Waals surface area (Å²) in [5, 5.41) is 5.91. The fourth-order valence-corrected chi connectivity index (χ4v) is 3.94. The van der Waals surface area contributed by atoms with E-state index in [9.17, 15) is 9.59 Å². The molecule has 0 saturated carbocycles. The Morgan fingerprint density at radius 3 is 2.31 bits per heavy atom. The van der Waals surface area contributed by atoms with E-state index in [4.69, 9.17) is 5.73 Å². The third-order valence-electron chi connectivity index (χ3n) is 4.91. The van der Waals surface area contributed by atoms with Crippen molar-refractivity contribution < 1.29 is 9.59 Å². The molecule has 0 aliphatic carbocycles. The molecule has 0 spiro atoms. The summed E-state index contributed by atoms with van der Waals surface area (Å²) in [5.41, 5.74) is 9.38. The monoisotopic (exact) mass is 447 g/mol. The van der Waals surface area contributed by atoms with E-state index in [-0.39, 0.29) is 11.8 Å². The molecule has 32 heavy (non-hydrogen) atoms. The van der Waals surface area contributed by atoms with Crippen molar-refractivity contribution in [2.24, 2.45) is 0 Å². The second-order valence-corrected chi connectivity index (χ2v) is 8.56. The molecule has 0 unspecified atom stereocenters. The predicted molar refractivity (Wildman–Crippen MR) is 134 cm³/mol. The van der Waals surface area contributed by atoms with E-state index in [2.05, 4.69) is 22.8 Å². The first-order chi connectivity index (χ1) is 15.6. The number of nitrogens with one attached hydrogen (secondary N) is 2. The van der Waals surface area contributed by atoms with Gasteiger partial charge in [0.25, 0.3) is 0 Å². The van der Waals surface area contributed by atoms with Gasteiger partial charge >= 0.3 is 0 Å². The second-order valence-electron chi connectivity index (χ2n) is 7.51. The minimum absolute atomic E-state index is 0.0131. The van der Waals surface area contributed by atoms with Gasteiger partial charge in [0.1, 0.15) is 0 Å². The van der Waals surface area contributed by atoms with Crippen LogP contribution in [0, 0.1) is 0 Å². The summed E-state index contributed by atoms with van der Waals surface area (Å²) in [7, 11) is 0. The van der Waals surface area contributed by atoms with Gasteiger partial charge in [-0.05, 0) is 60.4 Å². The molecule has 4 N–H and O–H groups in total. The Kier molecular flexibility index (Phi) is 9.20. The Morgan fingerprint density at radius 1 is 0.781 bits per heavy atom. The molecule has 0 heterocycles. The molecule has 0 saturated heterocycles. The highest BCUT2D eigenvalue weighted by Crippen LogP contribution is 2.22. The fraction of sp³-hybridized carbons (Fsp3) is 0.231. The zero-order valence-corrected chi connectivity index (χ0v) is 18.9. The highest BCUT2D eigenvalue weighted by molar-refractivity contribution is 8.00. The minimum atomic E-state index is 0.0131. The first kappa shape index (κ1) is 23.4. The van der Waals surface area contributed by atoms with Gasteiger partial charge in [0.2, 0.25) is 11.8 Å². The maximum atomic E-state index is 12.3. The van der Waals surface area contributed by atoms with Crippen LogP contribution >= 0.6 is 11.8 Å². The Bertz CT molecular complexity index is 1010. The molecule has 0 bridgehead atoms. The lowest BCUT2D eigenvalue weighted by molar-refractivity contribution is -0.118. The maximum Gasteiger partial charge on any atom is 0.230 e. The van der Waals surface area contributed by atoms with Crippen LogP contribution in [0.15, 0.2) is 83.8 Å². The minimum Gasteiger partial charge on any atom is -0.399 e. The van der Waals surface area contributed by atoms with Gasteiger partial charge in [0.05, 0.1) is 5.75 Å². The summed E-state index contributed by atoms with van der Waals surface area (Å²) < 4.78 is 0. The van der Waals surface area contributed by atoms with Gasteiger partial charge in [0.15, 0.2) is 0 Å². The molecule has 3 aromatic rings. The molecule has 3 aromatic carbocycles. The van der Waals surface area contributed by atoms with E-state index in [1.165, 1.54) is 11.8 Å². The number of nitrogens with two attached hydrogens (primary N) is 1. The van der Waals surface area contributed by atoms with Gasteiger partial charge in [0, 0.05) is 29.2 Å². The maximum absolute atomic E-state index is 12.3. The molecule has 0 fully saturated rings. The summed E-state index contributed by atoms with van der Waals surface area (Å²) in [6, 6.07) is 25.5. The zero-order chi connectivity index (χ0) is 22.6. The van der Waals surface area contributed by atoms with E-state index in [1.54, 1.807) is 0 Å². The summed E-state index contributed by atoms with van der Waals surface area (Å²) >= 11 is 1.49. The van der Waals surface area contributed by atoms with Crippen LogP contribution in [0.3, 0.4) is 0 Å². The third-order valence-corrected chi connectivity index (χ3v) is 5.92. The van der Waals surface area contributed by atoms with Gasteiger partial charge in [-0.25, -0.2) is 0 Å². The van der Waals surface area contributed by atoms with Crippen molar-refractivity contribution in [1.29, 1.82) is 0 Å². The van der Waals surface area contributed by atoms with Crippen molar-refractivity contribution in [2.45, 2.75) is 30.6 Å². The van der Waals surface area contributed by atoms with Crippen LogP contribution in [0.2, 0.25) is 0 Å². The molecule has 0 aliphatic rings. The van der Waals surface area contributed by atoms with Crippen molar-refractivity contribution >= 4 is 35.0 Å². The molecule has 3 rings (SSSR count). The lowest BCUT2D eigenvalue weighted by atomic mass is 10.1. The number of thioether (sulfide) groups is 1. The van der Waals surface area contributed by atoms with Gasteiger partial charge in [-0.3, -0.25) is 9.59 Å². The molecule has 0 atom stereocenters. The number of carbonyl (C=O) groups is 2. The van der Waals surface area contributed by atoms with Gasteiger partial charge in [-0.2, -0.15) is 0 Å². The van der Waals surface area contributed by atoms with Crippen molar-refractivity contribution in [3.05, 3.63) is 78.9 Å². The average molecular weight is 448 g/mol. The van der Waals surface area contributed by atoms with Gasteiger partial charge in [-0.15, -0.1) is 11.8 Å². The number of hydrogen-bond donors (Lipinski definition) is 3. The Balaban J connectivity index is 1.28. The van der Waals surface area contributed by atoms with Crippen molar-refractivity contribution in [2.75, 3.05) is 23.3 Å². The molecular weight excluding hydrogens is 418 g/mol. The first-order valence-corrected chi connectivity index (χ1v) is 11.8. The Morgan fingerprint density at radius 2 is 1.53 bits per heavy atom. The number of rotatable bonds is 11. The summed E-state index contributed by atoms with van der Waals surface area (Å²) in [6.45, 7) is 0.627. The smallest absolute Gasteiger partial charge is 0.230 e. The van der Waals surface area contributed by atoms with Gasteiger partial charge in [-0.1, -0.05) is 48.9 Å². The van der Waals surface area contributed by atoms with E-state index in [0.29, 0.717) is 24.4 Å². The molecular formula is C26H29N3O2S. The topological polar surface area (TPSA) is 84.2 Å². The lowest BCUT2D eigenvalue weighted by Crippen LogP contribution is -2.26. The SMILES string of the molecule is Nc1ccc(SCC(=O)NCCCCCC(=O)Nc2cccc(-c3ccccc3)c2)cc1. The van der Waals surface area contributed by atoms with E-state index in [0.717, 1.165) is 41.0 Å². The molecule has 2 amide bonds. The Labute approximate surface area is 193 Å². The molecule has 166 valence electrons. The standard InChI is InChI=1S/C26H29N3O2S/c27-22-13-15-24(16-14-22)32-19-26(31)28-17-6-2-5-12-25(30)29-23-11-7-10-21(18-23)20-8-3-1-4-9-20/h1,3-4,7-11,13-16,18H,2,5-6,12,17,19,27H2,(H,28,31)(H,29,30). The molecule has 0 aliphatic heterocycles. The van der Waals surface area contributed by atoms with Crippen LogP contribution in [0.5, 0.6) is 0 Å². The zero-order valence-electron chi connectivity index (χ0n) is 18.1. The van der Waals surface area contributed by atoms with Crippen LogP contribution in [0.4, 0.5) is 11.4 Å². The largest absolute Gasteiger partial charge is 0.399 e. The van der Waals surface area contributed by atoms with Crippen LogP contribution in [0.25, 0.3) is 11.1 Å². The number of unbranched alkanes of at least 4 members (excludes halogenated alkanes) is 2. The summed E-state index contributed by atoms with van der Waals surface area (Å²) in [4.78, 5) is 25.2. The van der Waals surface area contributed by atoms with Crippen molar-refractivity contribution in [3.8, 4) is 11.1 Å². The fourth-order valence-electron chi connectivity index (χ4n) is 3.21. The Hall–Kier alpha value is -3.25. The van der Waals surface area contributed by atoms with E-state index in [1.807, 2.05) is 66.7 Å². The number of benzene rings is 3. The quantitative estimate of drug-likeness (QED) is 0.210. The van der Waals surface area contributed by atoms with Crippen LogP contribution in [0.1, 0.15) is 25.7 Å². The van der Waals surface area contributed by atoms with Crippen LogP contribution < -0.4 is 16.4 Å². The highest BCUT2D eigenvalue weighted by atomic mass is 32.2. The number of anilines is 2. The summed E-state index contributed by atoms with van der Waals surface area (Å²) in [5.74, 6) is 0.413. The lowest BCUT2D eigenvalue weighted by Gasteiger charge is -2.08. The predicted octanol–water partition coefficient (Wildman–Crippen LogP) is 5.34. The number of carbonyl (C=O) groups excluding carboxylic acids is 2. The number of hydrogen-bond acceptors (Lipinski definition) is 4. The molecule has 0 aromatic heterocycles. The number of nitrogen functional groups attached to an aromatic ring is 1. The first-order valence-electron chi connectivity index (χ1n) is 10.8. The number of amides is 2. The van der Waals surface area contributed by atoms with Crippen molar-refractivity contribution in [1.82, 2.24) is 5.32 Å². The van der Waals surface area contributed by atoms with Crippen molar-refractivity contribution in [3.63, 3.8) is 0 Å². The normalized spacial score (nSPS) is 10.5. The highest BCUT2D eigenvalue weighted by Gasteiger charge is 2.05. The van der Waals surface area contributed by atoms with E-state index < -0.39 is 0 Å². The molecule has 5 nitrogen and oxygen atoms in total. The van der Waals surface area contributed by atoms with Gasteiger partial charge < -0.3 is 16.4 Å². The second kappa shape index (κ2) is 12.6. The van der Waals surface area contributed by atoms with Crippen LogP contribution in [-0.2, 0) is 9.59 Å². The molecule has 6 heteroatoms. The van der Waals surface area contributed by atoms with Crippen LogP contribution in [-0.4, -0.2) is 24.1 Å². The third kappa shape index (κ3) is 8.12. The molecule has 0 radical (unpaired) electrons. The average Bonchev–Trinajstić information content (AvgIpc) is 2.81. The van der Waals surface area contributed by atoms with E-state index >= 15 is 0 Å².